The average Bonchev–Trinajstić information content (AvgIpc) is 3.09. The molecule has 0 aromatic heterocycles. The first-order chi connectivity index (χ1) is 13.1. The molecule has 0 saturated carbocycles. The molecule has 2 atom stereocenters. The number of nitrogens with two attached hydrogens (primary N) is 1. The molecule has 1 aliphatic heterocycles. The molecule has 2 aromatic carbocycles. The number of methoxy groups -OCH3 is 1. The van der Waals surface area contributed by atoms with Gasteiger partial charge < -0.3 is 15.4 Å². The number of ether oxygens (including phenoxy) is 1. The quantitative estimate of drug-likeness (QED) is 0.826. The molecule has 5 nitrogen and oxygen atoms in total. The smallest absolute Gasteiger partial charge is 0.330 e. The van der Waals surface area contributed by atoms with Crippen LogP contribution in [-0.4, -0.2) is 42.5 Å². The standard InChI is InChI=1S/C22H26N2O3/c1-3-6-15-9-11-16(12-10-15)17-7-4-5-8-18(17)21(25)24-14-13-19(23)20(24)22(26)27-2/h4-5,7-12,19-20H,3,6,13-14,23H2,1-2H3/t19-,20-/m0/s1. The van der Waals surface area contributed by atoms with Crippen molar-refractivity contribution in [2.24, 2.45) is 5.73 Å². The van der Waals surface area contributed by atoms with Gasteiger partial charge in [0.25, 0.3) is 5.91 Å². The van der Waals surface area contributed by atoms with E-state index in [1.165, 1.54) is 12.7 Å². The summed E-state index contributed by atoms with van der Waals surface area (Å²) < 4.78 is 4.86. The third kappa shape index (κ3) is 3.88. The lowest BCUT2D eigenvalue weighted by atomic mass is 9.97. The van der Waals surface area contributed by atoms with Crippen LogP contribution in [0.15, 0.2) is 48.5 Å². The number of aryl methyl sites for hydroxylation is 1. The molecule has 2 N–H and O–H groups in total. The predicted molar refractivity (Wildman–Crippen MR) is 105 cm³/mol. The first-order valence-corrected chi connectivity index (χ1v) is 9.39. The fraction of sp³-hybridized carbons (Fsp3) is 0.364. The van der Waals surface area contributed by atoms with Crippen LogP contribution >= 0.6 is 0 Å². The Hall–Kier alpha value is -2.66. The second kappa shape index (κ2) is 8.35. The van der Waals surface area contributed by atoms with Crippen LogP contribution < -0.4 is 5.73 Å². The molecule has 27 heavy (non-hydrogen) atoms. The SMILES string of the molecule is CCCc1ccc(-c2ccccc2C(=O)N2CC[C@H](N)[C@H]2C(=O)OC)cc1. The number of hydrogen-bond donors (Lipinski definition) is 1. The molecule has 3 rings (SSSR count). The molecule has 0 bridgehead atoms. The Bertz CT molecular complexity index is 817. The molecule has 1 fully saturated rings. The Kier molecular flexibility index (Phi) is 5.91. The zero-order valence-electron chi connectivity index (χ0n) is 15.9. The third-order valence-corrected chi connectivity index (χ3v) is 5.11. The summed E-state index contributed by atoms with van der Waals surface area (Å²) in [6.07, 6.45) is 2.71. The molecule has 1 saturated heterocycles. The second-order valence-electron chi connectivity index (χ2n) is 6.91. The number of likely N-dealkylation sites (tertiary alicyclic amines) is 1. The summed E-state index contributed by atoms with van der Waals surface area (Å²) in [4.78, 5) is 26.9. The Balaban J connectivity index is 1.93. The number of nitrogens with zero attached hydrogens (tertiary/aromatic N) is 1. The number of amides is 1. The Morgan fingerprint density at radius 3 is 2.52 bits per heavy atom. The average molecular weight is 366 g/mol. The largest absolute Gasteiger partial charge is 0.467 e. The summed E-state index contributed by atoms with van der Waals surface area (Å²) in [5.74, 6) is -0.652. The molecule has 2 aromatic rings. The van der Waals surface area contributed by atoms with Gasteiger partial charge in [-0.3, -0.25) is 4.79 Å². The van der Waals surface area contributed by atoms with Gasteiger partial charge in [-0.05, 0) is 35.6 Å². The van der Waals surface area contributed by atoms with Gasteiger partial charge in [0.05, 0.1) is 7.11 Å². The highest BCUT2D eigenvalue weighted by Crippen LogP contribution is 2.28. The lowest BCUT2D eigenvalue weighted by Crippen LogP contribution is -2.48. The maximum atomic E-state index is 13.2. The summed E-state index contributed by atoms with van der Waals surface area (Å²) in [5, 5.41) is 0. The number of rotatable bonds is 5. The van der Waals surface area contributed by atoms with E-state index in [0.29, 0.717) is 18.5 Å². The second-order valence-corrected chi connectivity index (χ2v) is 6.91. The number of hydrogen-bond acceptors (Lipinski definition) is 4. The van der Waals surface area contributed by atoms with Crippen LogP contribution in [0.1, 0.15) is 35.7 Å². The van der Waals surface area contributed by atoms with E-state index < -0.39 is 18.1 Å². The van der Waals surface area contributed by atoms with Crippen LogP contribution in [0.4, 0.5) is 0 Å². The van der Waals surface area contributed by atoms with Crippen molar-refractivity contribution in [3.8, 4) is 11.1 Å². The summed E-state index contributed by atoms with van der Waals surface area (Å²) in [6.45, 7) is 2.60. The van der Waals surface area contributed by atoms with E-state index in [1.807, 2.05) is 30.3 Å². The zero-order valence-corrected chi connectivity index (χ0v) is 15.9. The van der Waals surface area contributed by atoms with Crippen LogP contribution in [-0.2, 0) is 16.0 Å². The van der Waals surface area contributed by atoms with Gasteiger partial charge in [0.2, 0.25) is 0 Å². The summed E-state index contributed by atoms with van der Waals surface area (Å²) >= 11 is 0. The Labute approximate surface area is 160 Å². The predicted octanol–water partition coefficient (Wildman–Crippen LogP) is 3.02. The van der Waals surface area contributed by atoms with Gasteiger partial charge in [-0.25, -0.2) is 4.79 Å². The van der Waals surface area contributed by atoms with Gasteiger partial charge >= 0.3 is 5.97 Å². The van der Waals surface area contributed by atoms with E-state index in [-0.39, 0.29) is 5.91 Å². The lowest BCUT2D eigenvalue weighted by Gasteiger charge is -2.25. The Morgan fingerprint density at radius 2 is 1.85 bits per heavy atom. The lowest BCUT2D eigenvalue weighted by molar-refractivity contribution is -0.145. The third-order valence-electron chi connectivity index (χ3n) is 5.11. The summed E-state index contributed by atoms with van der Waals surface area (Å²) in [6, 6.07) is 14.7. The van der Waals surface area contributed by atoms with Gasteiger partial charge in [0.15, 0.2) is 0 Å². The highest BCUT2D eigenvalue weighted by atomic mass is 16.5. The van der Waals surface area contributed by atoms with E-state index >= 15 is 0 Å². The van der Waals surface area contributed by atoms with Gasteiger partial charge in [-0.2, -0.15) is 0 Å². The van der Waals surface area contributed by atoms with E-state index in [1.54, 1.807) is 11.0 Å². The van der Waals surface area contributed by atoms with Gasteiger partial charge in [-0.15, -0.1) is 0 Å². The molecule has 1 amide bonds. The Morgan fingerprint density at radius 1 is 1.15 bits per heavy atom. The van der Waals surface area contributed by atoms with Crippen LogP contribution in [0.3, 0.4) is 0 Å². The van der Waals surface area contributed by atoms with Gasteiger partial charge in [-0.1, -0.05) is 55.8 Å². The van der Waals surface area contributed by atoms with Crippen molar-refractivity contribution < 1.29 is 14.3 Å². The van der Waals surface area contributed by atoms with Crippen molar-refractivity contribution in [1.82, 2.24) is 4.90 Å². The van der Waals surface area contributed by atoms with E-state index in [0.717, 1.165) is 24.0 Å². The topological polar surface area (TPSA) is 72.6 Å². The molecule has 0 aliphatic carbocycles. The molecular formula is C22H26N2O3. The van der Waals surface area contributed by atoms with Crippen molar-refractivity contribution in [3.05, 3.63) is 59.7 Å². The molecule has 0 radical (unpaired) electrons. The molecule has 1 aliphatic rings. The fourth-order valence-corrected chi connectivity index (χ4v) is 3.68. The molecule has 0 spiro atoms. The van der Waals surface area contributed by atoms with Crippen LogP contribution in [0, 0.1) is 0 Å². The first-order valence-electron chi connectivity index (χ1n) is 9.39. The number of carbonyl (C=O) groups excluding carboxylic acids is 2. The maximum absolute atomic E-state index is 13.2. The monoisotopic (exact) mass is 366 g/mol. The summed E-state index contributed by atoms with van der Waals surface area (Å²) in [7, 11) is 1.32. The van der Waals surface area contributed by atoms with E-state index in [4.69, 9.17) is 10.5 Å². The fourth-order valence-electron chi connectivity index (χ4n) is 3.68. The number of carbonyl (C=O) groups is 2. The van der Waals surface area contributed by atoms with Crippen molar-refractivity contribution in [3.63, 3.8) is 0 Å². The van der Waals surface area contributed by atoms with Crippen molar-refractivity contribution in [2.75, 3.05) is 13.7 Å². The number of benzene rings is 2. The van der Waals surface area contributed by atoms with Crippen LogP contribution in [0.2, 0.25) is 0 Å². The molecular weight excluding hydrogens is 340 g/mol. The molecule has 1 heterocycles. The van der Waals surface area contributed by atoms with Crippen LogP contribution in [0.25, 0.3) is 11.1 Å². The van der Waals surface area contributed by atoms with Crippen molar-refractivity contribution in [2.45, 2.75) is 38.3 Å². The molecule has 5 heteroatoms. The van der Waals surface area contributed by atoms with Crippen molar-refractivity contribution in [1.29, 1.82) is 0 Å². The highest BCUT2D eigenvalue weighted by molar-refractivity contribution is 6.02. The minimum absolute atomic E-state index is 0.188. The normalized spacial score (nSPS) is 19.1. The number of esters is 1. The highest BCUT2D eigenvalue weighted by Gasteiger charge is 2.41. The minimum Gasteiger partial charge on any atom is -0.467 e. The maximum Gasteiger partial charge on any atom is 0.330 e. The van der Waals surface area contributed by atoms with E-state index in [2.05, 4.69) is 19.1 Å². The van der Waals surface area contributed by atoms with Gasteiger partial charge in [0.1, 0.15) is 6.04 Å². The van der Waals surface area contributed by atoms with Gasteiger partial charge in [0, 0.05) is 18.2 Å². The van der Waals surface area contributed by atoms with E-state index in [9.17, 15) is 9.59 Å². The first kappa shape index (κ1) is 19.1. The summed E-state index contributed by atoms with van der Waals surface area (Å²) in [5.41, 5.74) is 9.75. The van der Waals surface area contributed by atoms with Crippen molar-refractivity contribution >= 4 is 11.9 Å². The molecule has 142 valence electrons. The minimum atomic E-state index is -0.734. The van der Waals surface area contributed by atoms with Crippen LogP contribution in [0.5, 0.6) is 0 Å². The zero-order chi connectivity index (χ0) is 19.4. The molecule has 0 unspecified atom stereocenters.